The molecule has 0 fully saturated rings. The standard InChI is InChI=1S/C12H17NO4S/c1-4-12(2,3)11(14)13-9-5-7-10(8-6-9)18(15,16)17/h5-8H,4H2,1-3H3,(H,13,14)(H,15,16,17). The minimum Gasteiger partial charge on any atom is -0.326 e. The molecule has 0 radical (unpaired) electrons. The third-order valence-electron chi connectivity index (χ3n) is 2.91. The average Bonchev–Trinajstić information content (AvgIpc) is 2.28. The fourth-order valence-electron chi connectivity index (χ4n) is 1.17. The van der Waals surface area contributed by atoms with Crippen LogP contribution in [0.2, 0.25) is 0 Å². The molecule has 0 aliphatic carbocycles. The maximum absolute atomic E-state index is 11.9. The average molecular weight is 271 g/mol. The molecule has 0 unspecified atom stereocenters. The number of carbonyl (C=O) groups excluding carboxylic acids is 1. The molecular formula is C12H17NO4S. The van der Waals surface area contributed by atoms with Crippen LogP contribution in [0.4, 0.5) is 5.69 Å². The summed E-state index contributed by atoms with van der Waals surface area (Å²) in [6.07, 6.45) is 0.696. The Bertz CT molecular complexity index is 532. The molecule has 1 aromatic carbocycles. The van der Waals surface area contributed by atoms with E-state index in [2.05, 4.69) is 5.32 Å². The van der Waals surface area contributed by atoms with Crippen molar-refractivity contribution in [1.82, 2.24) is 0 Å². The Kier molecular flexibility index (Phi) is 4.13. The third-order valence-corrected chi connectivity index (χ3v) is 3.78. The van der Waals surface area contributed by atoms with E-state index >= 15 is 0 Å². The van der Waals surface area contributed by atoms with E-state index in [9.17, 15) is 13.2 Å². The molecule has 0 atom stereocenters. The van der Waals surface area contributed by atoms with Crippen molar-refractivity contribution in [1.29, 1.82) is 0 Å². The van der Waals surface area contributed by atoms with Gasteiger partial charge in [0, 0.05) is 11.1 Å². The molecule has 0 bridgehead atoms. The van der Waals surface area contributed by atoms with Crippen LogP contribution in [-0.2, 0) is 14.9 Å². The van der Waals surface area contributed by atoms with Crippen molar-refractivity contribution in [3.63, 3.8) is 0 Å². The van der Waals surface area contributed by atoms with Crippen molar-refractivity contribution in [3.05, 3.63) is 24.3 Å². The molecule has 0 aliphatic heterocycles. The van der Waals surface area contributed by atoms with Crippen LogP contribution in [0.15, 0.2) is 29.2 Å². The maximum atomic E-state index is 11.9. The Morgan fingerprint density at radius 3 is 2.17 bits per heavy atom. The van der Waals surface area contributed by atoms with E-state index in [1.807, 2.05) is 20.8 Å². The minimum absolute atomic E-state index is 0.135. The fraction of sp³-hybridized carbons (Fsp3) is 0.417. The molecule has 0 saturated carbocycles. The quantitative estimate of drug-likeness (QED) is 0.823. The topological polar surface area (TPSA) is 83.5 Å². The molecule has 0 aliphatic rings. The van der Waals surface area contributed by atoms with E-state index in [0.29, 0.717) is 12.1 Å². The number of hydrogen-bond donors (Lipinski definition) is 2. The first-order valence-corrected chi connectivity index (χ1v) is 7.00. The number of hydrogen-bond acceptors (Lipinski definition) is 3. The molecular weight excluding hydrogens is 254 g/mol. The largest absolute Gasteiger partial charge is 0.326 e. The third kappa shape index (κ3) is 3.54. The molecule has 0 saturated heterocycles. The highest BCUT2D eigenvalue weighted by Gasteiger charge is 2.25. The number of benzene rings is 1. The molecule has 0 spiro atoms. The second kappa shape index (κ2) is 5.07. The fourth-order valence-corrected chi connectivity index (χ4v) is 1.65. The predicted molar refractivity (Wildman–Crippen MR) is 69.0 cm³/mol. The first-order chi connectivity index (χ1) is 8.16. The Labute approximate surface area is 107 Å². The summed E-state index contributed by atoms with van der Waals surface area (Å²) in [4.78, 5) is 11.7. The van der Waals surface area contributed by atoms with E-state index in [1.165, 1.54) is 24.3 Å². The van der Waals surface area contributed by atoms with Gasteiger partial charge in [0.2, 0.25) is 5.91 Å². The van der Waals surface area contributed by atoms with Crippen molar-refractivity contribution in [2.45, 2.75) is 32.1 Å². The summed E-state index contributed by atoms with van der Waals surface area (Å²) in [5.74, 6) is -0.135. The highest BCUT2D eigenvalue weighted by atomic mass is 32.2. The van der Waals surface area contributed by atoms with Crippen molar-refractivity contribution >= 4 is 21.7 Å². The van der Waals surface area contributed by atoms with E-state index in [0.717, 1.165) is 0 Å². The van der Waals surface area contributed by atoms with Crippen LogP contribution in [0.3, 0.4) is 0 Å². The van der Waals surface area contributed by atoms with E-state index < -0.39 is 15.5 Å². The van der Waals surface area contributed by atoms with Gasteiger partial charge < -0.3 is 5.32 Å². The summed E-state index contributed by atoms with van der Waals surface area (Å²) in [6.45, 7) is 5.57. The highest BCUT2D eigenvalue weighted by Crippen LogP contribution is 2.22. The van der Waals surface area contributed by atoms with Gasteiger partial charge in [0.1, 0.15) is 0 Å². The van der Waals surface area contributed by atoms with Gasteiger partial charge in [-0.2, -0.15) is 8.42 Å². The zero-order chi connectivity index (χ0) is 14.0. The SMILES string of the molecule is CCC(C)(C)C(=O)Nc1ccc(S(=O)(=O)O)cc1. The lowest BCUT2D eigenvalue weighted by Gasteiger charge is -2.21. The molecule has 6 heteroatoms. The van der Waals surface area contributed by atoms with Crippen molar-refractivity contribution < 1.29 is 17.8 Å². The summed E-state index contributed by atoms with van der Waals surface area (Å²) in [7, 11) is -4.19. The molecule has 0 aromatic heterocycles. The van der Waals surface area contributed by atoms with Crippen molar-refractivity contribution in [2.75, 3.05) is 5.32 Å². The van der Waals surface area contributed by atoms with Crippen LogP contribution in [0.25, 0.3) is 0 Å². The van der Waals surface area contributed by atoms with Gasteiger partial charge in [-0.1, -0.05) is 20.8 Å². The van der Waals surface area contributed by atoms with E-state index in [-0.39, 0.29) is 10.8 Å². The molecule has 18 heavy (non-hydrogen) atoms. The molecule has 0 heterocycles. The summed E-state index contributed by atoms with van der Waals surface area (Å²) in [5, 5.41) is 2.70. The lowest BCUT2D eigenvalue weighted by Crippen LogP contribution is -2.29. The van der Waals surface area contributed by atoms with E-state index in [1.54, 1.807) is 0 Å². The van der Waals surface area contributed by atoms with Crippen LogP contribution < -0.4 is 5.32 Å². The van der Waals surface area contributed by atoms with Crippen molar-refractivity contribution in [3.8, 4) is 0 Å². The van der Waals surface area contributed by atoms with E-state index in [4.69, 9.17) is 4.55 Å². The van der Waals surface area contributed by atoms with Gasteiger partial charge in [0.25, 0.3) is 10.1 Å². The summed E-state index contributed by atoms with van der Waals surface area (Å²) < 4.78 is 30.5. The summed E-state index contributed by atoms with van der Waals surface area (Å²) >= 11 is 0. The summed E-state index contributed by atoms with van der Waals surface area (Å²) in [6, 6.07) is 5.35. The molecule has 5 nitrogen and oxygen atoms in total. The van der Waals surface area contributed by atoms with Gasteiger partial charge in [-0.05, 0) is 30.7 Å². The number of nitrogens with one attached hydrogen (secondary N) is 1. The van der Waals surface area contributed by atoms with Gasteiger partial charge in [-0.3, -0.25) is 9.35 Å². The van der Waals surface area contributed by atoms with Crippen LogP contribution in [0, 0.1) is 5.41 Å². The Hall–Kier alpha value is -1.40. The number of amides is 1. The van der Waals surface area contributed by atoms with Gasteiger partial charge in [-0.25, -0.2) is 0 Å². The zero-order valence-electron chi connectivity index (χ0n) is 10.6. The van der Waals surface area contributed by atoms with Crippen LogP contribution in [0.5, 0.6) is 0 Å². The van der Waals surface area contributed by atoms with Crippen molar-refractivity contribution in [2.24, 2.45) is 5.41 Å². The molecule has 1 rings (SSSR count). The second-order valence-electron chi connectivity index (χ2n) is 4.69. The van der Waals surface area contributed by atoms with Crippen LogP contribution in [-0.4, -0.2) is 18.9 Å². The summed E-state index contributed by atoms with van der Waals surface area (Å²) in [5.41, 5.74) is 0.00998. The second-order valence-corrected chi connectivity index (χ2v) is 6.11. The Morgan fingerprint density at radius 2 is 1.78 bits per heavy atom. The highest BCUT2D eigenvalue weighted by molar-refractivity contribution is 7.85. The molecule has 1 aromatic rings. The number of anilines is 1. The molecule has 2 N–H and O–H groups in total. The van der Waals surface area contributed by atoms with Gasteiger partial charge >= 0.3 is 0 Å². The van der Waals surface area contributed by atoms with Crippen LogP contribution in [0.1, 0.15) is 27.2 Å². The first-order valence-electron chi connectivity index (χ1n) is 5.56. The number of rotatable bonds is 4. The maximum Gasteiger partial charge on any atom is 0.294 e. The smallest absolute Gasteiger partial charge is 0.294 e. The lowest BCUT2D eigenvalue weighted by molar-refractivity contribution is -0.124. The minimum atomic E-state index is -4.19. The monoisotopic (exact) mass is 271 g/mol. The van der Waals surface area contributed by atoms with Gasteiger partial charge in [-0.15, -0.1) is 0 Å². The van der Waals surface area contributed by atoms with Gasteiger partial charge in [0.15, 0.2) is 0 Å². The Balaban J connectivity index is 2.86. The molecule has 100 valence electrons. The Morgan fingerprint density at radius 1 is 1.28 bits per heavy atom. The normalized spacial score (nSPS) is 12.2. The lowest BCUT2D eigenvalue weighted by atomic mass is 9.89. The number of carbonyl (C=O) groups is 1. The molecule has 1 amide bonds. The van der Waals surface area contributed by atoms with Gasteiger partial charge in [0.05, 0.1) is 4.90 Å². The zero-order valence-corrected chi connectivity index (χ0v) is 11.4. The van der Waals surface area contributed by atoms with Crippen LogP contribution >= 0.6 is 0 Å². The predicted octanol–water partition coefficient (Wildman–Crippen LogP) is 2.31. The first kappa shape index (κ1) is 14.7.